The molecule has 0 aliphatic heterocycles. The third-order valence-electron chi connectivity index (χ3n) is 3.96. The van der Waals surface area contributed by atoms with Crippen LogP contribution in [0.15, 0.2) is 12.2 Å². The van der Waals surface area contributed by atoms with Gasteiger partial charge in [-0.2, -0.15) is 0 Å². The lowest BCUT2D eigenvalue weighted by Crippen LogP contribution is -2.36. The van der Waals surface area contributed by atoms with E-state index in [-0.39, 0.29) is 0 Å². The summed E-state index contributed by atoms with van der Waals surface area (Å²) in [7, 11) is 1.77. The van der Waals surface area contributed by atoms with E-state index >= 15 is 0 Å². The molecule has 0 spiro atoms. The van der Waals surface area contributed by atoms with Crippen LogP contribution in [0, 0.1) is 17.8 Å². The van der Waals surface area contributed by atoms with Crippen molar-refractivity contribution in [1.29, 1.82) is 0 Å². The number of hydrogen-bond donors (Lipinski definition) is 1. The van der Waals surface area contributed by atoms with Gasteiger partial charge in [0.05, 0.1) is 0 Å². The first-order valence-corrected chi connectivity index (χ1v) is 6.22. The monoisotopic (exact) mass is 209 g/mol. The van der Waals surface area contributed by atoms with Gasteiger partial charge in [0.25, 0.3) is 0 Å². The Kier molecular flexibility index (Phi) is 3.81. The number of fused-ring (bicyclic) bond motifs is 2. The Labute approximate surface area is 93.1 Å². The smallest absolute Gasteiger partial charge is 0.0474 e. The second-order valence-corrected chi connectivity index (χ2v) is 5.03. The van der Waals surface area contributed by atoms with Gasteiger partial charge >= 0.3 is 0 Å². The Hall–Kier alpha value is -0.340. The van der Waals surface area contributed by atoms with Crippen LogP contribution in [-0.2, 0) is 4.74 Å². The second kappa shape index (κ2) is 5.13. The molecule has 0 aromatic carbocycles. The summed E-state index contributed by atoms with van der Waals surface area (Å²) in [6.07, 6.45) is 8.79. The minimum Gasteiger partial charge on any atom is -0.385 e. The minimum atomic E-state index is 0.668. The summed E-state index contributed by atoms with van der Waals surface area (Å²) in [6, 6.07) is 0.668. The van der Waals surface area contributed by atoms with Crippen molar-refractivity contribution in [3.8, 4) is 0 Å². The molecule has 1 N–H and O–H groups in total. The standard InChI is InChI=1S/C13H23NO/c1-10(14-6-3-7-15-2)13-9-11-4-5-12(13)8-11/h4-5,10-14H,3,6-9H2,1-2H3. The van der Waals surface area contributed by atoms with E-state index in [9.17, 15) is 0 Å². The molecule has 0 saturated heterocycles. The highest BCUT2D eigenvalue weighted by Crippen LogP contribution is 2.44. The van der Waals surface area contributed by atoms with E-state index in [4.69, 9.17) is 4.74 Å². The van der Waals surface area contributed by atoms with Gasteiger partial charge in [-0.3, -0.25) is 0 Å². The zero-order valence-electron chi connectivity index (χ0n) is 9.91. The molecule has 0 aromatic heterocycles. The van der Waals surface area contributed by atoms with E-state index in [0.29, 0.717) is 6.04 Å². The fourth-order valence-electron chi connectivity index (χ4n) is 3.10. The molecule has 0 heterocycles. The minimum absolute atomic E-state index is 0.668. The van der Waals surface area contributed by atoms with Crippen LogP contribution in [0.1, 0.15) is 26.2 Å². The maximum absolute atomic E-state index is 5.05. The van der Waals surface area contributed by atoms with Crippen LogP contribution in [0.4, 0.5) is 0 Å². The number of nitrogens with one attached hydrogen (secondary N) is 1. The third kappa shape index (κ3) is 2.61. The molecule has 4 atom stereocenters. The van der Waals surface area contributed by atoms with Crippen molar-refractivity contribution in [1.82, 2.24) is 5.32 Å². The Balaban J connectivity index is 1.68. The molecule has 1 saturated carbocycles. The topological polar surface area (TPSA) is 21.3 Å². The summed E-state index contributed by atoms with van der Waals surface area (Å²) in [4.78, 5) is 0. The van der Waals surface area contributed by atoms with Crippen LogP contribution >= 0.6 is 0 Å². The molecule has 2 rings (SSSR count). The molecule has 15 heavy (non-hydrogen) atoms. The molecule has 4 unspecified atom stereocenters. The van der Waals surface area contributed by atoms with Crippen LogP contribution in [-0.4, -0.2) is 26.3 Å². The largest absolute Gasteiger partial charge is 0.385 e. The van der Waals surface area contributed by atoms with Crippen molar-refractivity contribution in [2.75, 3.05) is 20.3 Å². The molecule has 86 valence electrons. The van der Waals surface area contributed by atoms with Crippen LogP contribution in [0.5, 0.6) is 0 Å². The molecule has 0 radical (unpaired) electrons. The van der Waals surface area contributed by atoms with Crippen LogP contribution in [0.3, 0.4) is 0 Å². The molecule has 2 nitrogen and oxygen atoms in total. The van der Waals surface area contributed by atoms with E-state index < -0.39 is 0 Å². The van der Waals surface area contributed by atoms with Gasteiger partial charge in [-0.15, -0.1) is 0 Å². The molecule has 0 aromatic rings. The second-order valence-electron chi connectivity index (χ2n) is 5.03. The van der Waals surface area contributed by atoms with Gasteiger partial charge in [0.15, 0.2) is 0 Å². The summed E-state index contributed by atoms with van der Waals surface area (Å²) in [5.74, 6) is 2.63. The van der Waals surface area contributed by atoms with Crippen LogP contribution in [0.2, 0.25) is 0 Å². The molecular formula is C13H23NO. The predicted molar refractivity (Wildman–Crippen MR) is 62.8 cm³/mol. The van der Waals surface area contributed by atoms with Gasteiger partial charge in [-0.1, -0.05) is 12.2 Å². The first-order chi connectivity index (χ1) is 7.31. The number of methoxy groups -OCH3 is 1. The van der Waals surface area contributed by atoms with Crippen molar-refractivity contribution >= 4 is 0 Å². The Morgan fingerprint density at radius 3 is 2.87 bits per heavy atom. The van der Waals surface area contributed by atoms with E-state index in [2.05, 4.69) is 24.4 Å². The third-order valence-corrected chi connectivity index (χ3v) is 3.96. The van der Waals surface area contributed by atoms with Crippen LogP contribution in [0.25, 0.3) is 0 Å². The zero-order chi connectivity index (χ0) is 10.7. The lowest BCUT2D eigenvalue weighted by atomic mass is 9.87. The van der Waals surface area contributed by atoms with Crippen molar-refractivity contribution in [2.24, 2.45) is 17.8 Å². The average Bonchev–Trinajstić information content (AvgIpc) is 2.85. The Morgan fingerprint density at radius 1 is 1.40 bits per heavy atom. The van der Waals surface area contributed by atoms with E-state index in [1.165, 1.54) is 12.8 Å². The van der Waals surface area contributed by atoms with Gasteiger partial charge in [0.2, 0.25) is 0 Å². The van der Waals surface area contributed by atoms with Gasteiger partial charge in [0.1, 0.15) is 0 Å². The first-order valence-electron chi connectivity index (χ1n) is 6.22. The number of rotatable bonds is 6. The highest BCUT2D eigenvalue weighted by atomic mass is 16.5. The van der Waals surface area contributed by atoms with Gasteiger partial charge in [0, 0.05) is 19.8 Å². The molecule has 2 aliphatic rings. The van der Waals surface area contributed by atoms with Crippen molar-refractivity contribution in [2.45, 2.75) is 32.2 Å². The normalized spacial score (nSPS) is 34.9. The summed E-state index contributed by atoms with van der Waals surface area (Å²) in [5.41, 5.74) is 0. The number of allylic oxidation sites excluding steroid dienone is 2. The lowest BCUT2D eigenvalue weighted by molar-refractivity contribution is 0.191. The fourth-order valence-corrected chi connectivity index (χ4v) is 3.10. The zero-order valence-corrected chi connectivity index (χ0v) is 9.91. The summed E-state index contributed by atoms with van der Waals surface area (Å²) >= 11 is 0. The molecule has 1 fully saturated rings. The number of ether oxygens (including phenoxy) is 1. The molecule has 2 aliphatic carbocycles. The van der Waals surface area contributed by atoms with Crippen molar-refractivity contribution in [3.63, 3.8) is 0 Å². The Bertz CT molecular complexity index is 227. The van der Waals surface area contributed by atoms with Crippen molar-refractivity contribution < 1.29 is 4.74 Å². The SMILES string of the molecule is COCCCNC(C)C1CC2C=CC1C2. The highest BCUT2D eigenvalue weighted by Gasteiger charge is 2.38. The molecule has 0 amide bonds. The quantitative estimate of drug-likeness (QED) is 0.535. The van der Waals surface area contributed by atoms with Crippen LogP contribution < -0.4 is 5.32 Å². The molecule has 2 bridgehead atoms. The average molecular weight is 209 g/mol. The first kappa shape index (κ1) is 11.2. The van der Waals surface area contributed by atoms with E-state index in [1.54, 1.807) is 7.11 Å². The summed E-state index contributed by atoms with van der Waals surface area (Å²) in [5, 5.41) is 3.63. The van der Waals surface area contributed by atoms with E-state index in [1.807, 2.05) is 0 Å². The van der Waals surface area contributed by atoms with Gasteiger partial charge in [-0.25, -0.2) is 0 Å². The molecular weight excluding hydrogens is 186 g/mol. The van der Waals surface area contributed by atoms with Crippen molar-refractivity contribution in [3.05, 3.63) is 12.2 Å². The lowest BCUT2D eigenvalue weighted by Gasteiger charge is -2.26. The molecule has 2 heteroatoms. The summed E-state index contributed by atoms with van der Waals surface area (Å²) in [6.45, 7) is 4.30. The Morgan fingerprint density at radius 2 is 2.27 bits per heavy atom. The van der Waals surface area contributed by atoms with Gasteiger partial charge in [-0.05, 0) is 50.5 Å². The number of hydrogen-bond acceptors (Lipinski definition) is 2. The maximum Gasteiger partial charge on any atom is 0.0474 e. The van der Waals surface area contributed by atoms with Gasteiger partial charge < -0.3 is 10.1 Å². The van der Waals surface area contributed by atoms with E-state index in [0.717, 1.165) is 37.3 Å². The maximum atomic E-state index is 5.05. The fraction of sp³-hybridized carbons (Fsp3) is 0.846. The summed E-state index contributed by atoms with van der Waals surface area (Å²) < 4.78 is 5.05. The predicted octanol–water partition coefficient (Wildman–Crippen LogP) is 2.21. The highest BCUT2D eigenvalue weighted by molar-refractivity contribution is 5.11.